The zero-order valence-electron chi connectivity index (χ0n) is 15.0. The van der Waals surface area contributed by atoms with Gasteiger partial charge in [0.05, 0.1) is 11.2 Å². The first kappa shape index (κ1) is 17.8. The molecular formula is C17H21BFN3O3. The summed E-state index contributed by atoms with van der Waals surface area (Å²) in [6, 6.07) is 3.61. The highest BCUT2D eigenvalue weighted by molar-refractivity contribution is 6.53. The molecule has 132 valence electrons. The van der Waals surface area contributed by atoms with Crippen LogP contribution in [0.5, 0.6) is 0 Å². The van der Waals surface area contributed by atoms with Gasteiger partial charge in [0.15, 0.2) is 0 Å². The van der Waals surface area contributed by atoms with Crippen LogP contribution in [-0.2, 0) is 15.7 Å². The normalized spacial score (nSPS) is 19.8. The average molecular weight is 345 g/mol. The molecule has 2 aromatic rings. The van der Waals surface area contributed by atoms with Gasteiger partial charge < -0.3 is 13.8 Å². The third kappa shape index (κ3) is 3.50. The van der Waals surface area contributed by atoms with Gasteiger partial charge in [0.25, 0.3) is 0 Å². The Kier molecular flexibility index (Phi) is 4.51. The summed E-state index contributed by atoms with van der Waals surface area (Å²) in [6.45, 7) is 9.19. The maximum absolute atomic E-state index is 14.7. The van der Waals surface area contributed by atoms with Gasteiger partial charge >= 0.3 is 7.12 Å². The van der Waals surface area contributed by atoms with Gasteiger partial charge in [-0.15, -0.1) is 0 Å². The van der Waals surface area contributed by atoms with Gasteiger partial charge in [0.1, 0.15) is 5.73 Å². The number of nitrogens with zero attached hydrogens (tertiary/aromatic N) is 3. The Bertz CT molecular complexity index is 773. The highest BCUT2D eigenvalue weighted by atomic mass is 19.1. The quantitative estimate of drug-likeness (QED) is 0.790. The van der Waals surface area contributed by atoms with E-state index in [0.29, 0.717) is 17.3 Å². The molecule has 1 fully saturated rings. The standard InChI is InChI=1S/C17H21BFN3O3/c1-11(14(19)18-24-16(2,3)17(4,5)25-18)9-13-21-15(22-23-13)12-7-6-8-20-10-12/h6-8,10H,9H2,1-5H3. The summed E-state index contributed by atoms with van der Waals surface area (Å²) in [5.74, 6) is 0.745. The Morgan fingerprint density at radius 1 is 1.20 bits per heavy atom. The minimum Gasteiger partial charge on any atom is -0.398 e. The van der Waals surface area contributed by atoms with Crippen LogP contribution < -0.4 is 0 Å². The van der Waals surface area contributed by atoms with Gasteiger partial charge in [-0.2, -0.15) is 4.98 Å². The summed E-state index contributed by atoms with van der Waals surface area (Å²) in [7, 11) is -1.02. The van der Waals surface area contributed by atoms with Crippen LogP contribution in [0.3, 0.4) is 0 Å². The zero-order valence-corrected chi connectivity index (χ0v) is 15.0. The molecule has 1 aliphatic heterocycles. The number of allylic oxidation sites excluding steroid dienone is 1. The lowest BCUT2D eigenvalue weighted by atomic mass is 9.84. The molecule has 3 rings (SSSR count). The van der Waals surface area contributed by atoms with Crippen LogP contribution in [0, 0.1) is 0 Å². The van der Waals surface area contributed by atoms with Crippen LogP contribution in [-0.4, -0.2) is 33.4 Å². The molecule has 0 aliphatic carbocycles. The van der Waals surface area contributed by atoms with Crippen molar-refractivity contribution in [2.24, 2.45) is 0 Å². The van der Waals surface area contributed by atoms with Gasteiger partial charge in [-0.3, -0.25) is 4.98 Å². The summed E-state index contributed by atoms with van der Waals surface area (Å²) in [5, 5.41) is 3.91. The lowest BCUT2D eigenvalue weighted by molar-refractivity contribution is 0.00578. The number of rotatable bonds is 4. The summed E-state index contributed by atoms with van der Waals surface area (Å²) >= 11 is 0. The highest BCUT2D eigenvalue weighted by Crippen LogP contribution is 2.39. The van der Waals surface area contributed by atoms with Crippen LogP contribution in [0.1, 0.15) is 40.5 Å². The molecule has 25 heavy (non-hydrogen) atoms. The Balaban J connectivity index is 1.75. The molecule has 0 saturated carbocycles. The third-order valence-electron chi connectivity index (χ3n) is 4.67. The van der Waals surface area contributed by atoms with Crippen LogP contribution in [0.2, 0.25) is 0 Å². The monoisotopic (exact) mass is 345 g/mol. The minimum atomic E-state index is -1.02. The fourth-order valence-corrected chi connectivity index (χ4v) is 2.40. The molecule has 3 heterocycles. The van der Waals surface area contributed by atoms with Crippen molar-refractivity contribution in [3.8, 4) is 11.4 Å². The van der Waals surface area contributed by atoms with Crippen molar-refractivity contribution in [3.63, 3.8) is 0 Å². The molecule has 0 radical (unpaired) electrons. The van der Waals surface area contributed by atoms with Gasteiger partial charge in [-0.05, 0) is 52.3 Å². The van der Waals surface area contributed by atoms with Crippen molar-refractivity contribution in [1.29, 1.82) is 0 Å². The van der Waals surface area contributed by atoms with E-state index < -0.39 is 24.0 Å². The first-order valence-corrected chi connectivity index (χ1v) is 8.13. The van der Waals surface area contributed by atoms with Gasteiger partial charge in [0.2, 0.25) is 11.7 Å². The number of halogens is 1. The summed E-state index contributed by atoms with van der Waals surface area (Å²) in [6.07, 6.45) is 3.49. The molecule has 2 aromatic heterocycles. The molecule has 0 spiro atoms. The van der Waals surface area contributed by atoms with E-state index >= 15 is 0 Å². The lowest BCUT2D eigenvalue weighted by Crippen LogP contribution is -2.41. The van der Waals surface area contributed by atoms with Crippen molar-refractivity contribution in [1.82, 2.24) is 15.1 Å². The lowest BCUT2D eigenvalue weighted by Gasteiger charge is -2.32. The fourth-order valence-electron chi connectivity index (χ4n) is 2.40. The van der Waals surface area contributed by atoms with Crippen molar-refractivity contribution in [3.05, 3.63) is 41.7 Å². The minimum absolute atomic E-state index is 0.184. The third-order valence-corrected chi connectivity index (χ3v) is 4.67. The molecule has 6 nitrogen and oxygen atoms in total. The molecule has 0 amide bonds. The average Bonchev–Trinajstić information content (AvgIpc) is 3.10. The van der Waals surface area contributed by atoms with Crippen molar-refractivity contribution >= 4 is 7.12 Å². The van der Waals surface area contributed by atoms with E-state index in [9.17, 15) is 4.39 Å². The van der Waals surface area contributed by atoms with Crippen LogP contribution in [0.25, 0.3) is 11.4 Å². The van der Waals surface area contributed by atoms with E-state index in [2.05, 4.69) is 15.1 Å². The molecule has 1 saturated heterocycles. The second-order valence-electron chi connectivity index (χ2n) is 7.15. The number of aromatic nitrogens is 3. The van der Waals surface area contributed by atoms with Gasteiger partial charge in [-0.1, -0.05) is 5.16 Å². The largest absolute Gasteiger partial charge is 0.525 e. The number of hydrogen-bond acceptors (Lipinski definition) is 6. The fraction of sp³-hybridized carbons (Fsp3) is 0.471. The highest BCUT2D eigenvalue weighted by Gasteiger charge is 2.53. The Hall–Kier alpha value is -2.06. The van der Waals surface area contributed by atoms with E-state index in [1.807, 2.05) is 33.8 Å². The van der Waals surface area contributed by atoms with Crippen LogP contribution >= 0.6 is 0 Å². The van der Waals surface area contributed by atoms with Crippen molar-refractivity contribution < 1.29 is 18.2 Å². The molecule has 0 bridgehead atoms. The number of hydrogen-bond donors (Lipinski definition) is 0. The van der Waals surface area contributed by atoms with Crippen molar-refractivity contribution in [2.45, 2.75) is 52.2 Å². The Morgan fingerprint density at radius 3 is 2.48 bits per heavy atom. The smallest absolute Gasteiger partial charge is 0.398 e. The predicted molar refractivity (Wildman–Crippen MR) is 91.1 cm³/mol. The van der Waals surface area contributed by atoms with E-state index in [-0.39, 0.29) is 6.42 Å². The number of pyridine rings is 1. The molecule has 0 atom stereocenters. The predicted octanol–water partition coefficient (Wildman–Crippen LogP) is 3.55. The molecule has 0 aromatic carbocycles. The van der Waals surface area contributed by atoms with Gasteiger partial charge in [-0.25, -0.2) is 4.39 Å². The molecule has 1 aliphatic rings. The van der Waals surface area contributed by atoms with Crippen molar-refractivity contribution in [2.75, 3.05) is 0 Å². The SMILES string of the molecule is CC(Cc1nc(-c2cccnc2)no1)=C(F)B1OC(C)(C)C(C)(C)O1. The van der Waals surface area contributed by atoms with E-state index in [4.69, 9.17) is 13.8 Å². The first-order valence-electron chi connectivity index (χ1n) is 8.13. The molecule has 0 unspecified atom stereocenters. The van der Waals surface area contributed by atoms with Gasteiger partial charge in [0, 0.05) is 24.4 Å². The Labute approximate surface area is 146 Å². The van der Waals surface area contributed by atoms with E-state index in [1.54, 1.807) is 25.4 Å². The van der Waals surface area contributed by atoms with E-state index in [0.717, 1.165) is 5.56 Å². The second-order valence-corrected chi connectivity index (χ2v) is 7.15. The molecule has 0 N–H and O–H groups in total. The topological polar surface area (TPSA) is 70.3 Å². The maximum atomic E-state index is 14.7. The zero-order chi connectivity index (χ0) is 18.2. The molecular weight excluding hydrogens is 324 g/mol. The van der Waals surface area contributed by atoms with Crippen LogP contribution in [0.4, 0.5) is 4.39 Å². The second kappa shape index (κ2) is 6.35. The Morgan fingerprint density at radius 2 is 1.88 bits per heavy atom. The first-order chi connectivity index (χ1) is 11.7. The maximum Gasteiger partial charge on any atom is 0.525 e. The van der Waals surface area contributed by atoms with Crippen LogP contribution in [0.15, 0.2) is 40.3 Å². The van der Waals surface area contributed by atoms with E-state index in [1.165, 1.54) is 0 Å². The summed E-state index contributed by atoms with van der Waals surface area (Å²) < 4.78 is 31.4. The summed E-state index contributed by atoms with van der Waals surface area (Å²) in [4.78, 5) is 8.30. The summed E-state index contributed by atoms with van der Waals surface area (Å²) in [5.41, 5.74) is -0.467. The molecule has 8 heteroatoms.